The summed E-state index contributed by atoms with van der Waals surface area (Å²) in [5.74, 6) is -0.266. The molecule has 1 saturated heterocycles. The summed E-state index contributed by atoms with van der Waals surface area (Å²) in [6.45, 7) is 5.27. The van der Waals surface area contributed by atoms with Gasteiger partial charge in [-0.2, -0.15) is 0 Å². The van der Waals surface area contributed by atoms with Crippen molar-refractivity contribution in [3.8, 4) is 0 Å². The summed E-state index contributed by atoms with van der Waals surface area (Å²) in [6.07, 6.45) is 1.62. The number of nitrogens with zero attached hydrogens (tertiary/aromatic N) is 1. The Morgan fingerprint density at radius 2 is 1.96 bits per heavy atom. The van der Waals surface area contributed by atoms with E-state index in [0.29, 0.717) is 30.2 Å². The molecule has 1 aromatic rings. The van der Waals surface area contributed by atoms with Gasteiger partial charge in [0.2, 0.25) is 5.91 Å². The van der Waals surface area contributed by atoms with Crippen LogP contribution < -0.4 is 11.1 Å². The Kier molecular flexibility index (Phi) is 7.52. The predicted molar refractivity (Wildman–Crippen MR) is 98.6 cm³/mol. The van der Waals surface area contributed by atoms with E-state index in [9.17, 15) is 9.59 Å². The van der Waals surface area contributed by atoms with E-state index in [1.165, 1.54) is 0 Å². The highest BCUT2D eigenvalue weighted by molar-refractivity contribution is 6.30. The molecule has 1 aromatic carbocycles. The van der Waals surface area contributed by atoms with E-state index < -0.39 is 5.54 Å². The van der Waals surface area contributed by atoms with Crippen molar-refractivity contribution in [1.29, 1.82) is 0 Å². The van der Waals surface area contributed by atoms with Crippen molar-refractivity contribution in [2.24, 2.45) is 11.7 Å². The lowest BCUT2D eigenvalue weighted by Gasteiger charge is -2.32. The summed E-state index contributed by atoms with van der Waals surface area (Å²) in [4.78, 5) is 26.5. The van der Waals surface area contributed by atoms with Crippen molar-refractivity contribution in [1.82, 2.24) is 10.2 Å². The van der Waals surface area contributed by atoms with E-state index >= 15 is 0 Å². The first-order valence-electron chi connectivity index (χ1n) is 7.88. The topological polar surface area (TPSA) is 75.4 Å². The zero-order valence-corrected chi connectivity index (χ0v) is 15.6. The molecule has 0 bridgehead atoms. The first kappa shape index (κ1) is 20.7. The fourth-order valence-corrected chi connectivity index (χ4v) is 2.74. The molecule has 1 unspecified atom stereocenters. The lowest BCUT2D eigenvalue weighted by atomic mass is 9.96. The van der Waals surface area contributed by atoms with Crippen LogP contribution in [-0.2, 0) is 4.79 Å². The number of benzene rings is 1. The number of rotatable bonds is 4. The summed E-state index contributed by atoms with van der Waals surface area (Å²) >= 11 is 5.85. The Morgan fingerprint density at radius 1 is 1.33 bits per heavy atom. The summed E-state index contributed by atoms with van der Waals surface area (Å²) < 4.78 is 0. The van der Waals surface area contributed by atoms with E-state index in [1.54, 1.807) is 29.2 Å². The predicted octanol–water partition coefficient (Wildman–Crippen LogP) is 2.47. The van der Waals surface area contributed by atoms with Gasteiger partial charge in [-0.25, -0.2) is 0 Å². The number of halogens is 2. The lowest BCUT2D eigenvalue weighted by molar-refractivity contribution is -0.126. The molecule has 5 nitrogen and oxygen atoms in total. The highest BCUT2D eigenvalue weighted by Crippen LogP contribution is 2.20. The van der Waals surface area contributed by atoms with Crippen molar-refractivity contribution in [3.05, 3.63) is 34.9 Å². The van der Waals surface area contributed by atoms with E-state index in [0.717, 1.165) is 12.8 Å². The molecular weight excluding hydrogens is 349 g/mol. The zero-order valence-electron chi connectivity index (χ0n) is 14.0. The van der Waals surface area contributed by atoms with Crippen LogP contribution in [0.5, 0.6) is 0 Å². The molecule has 2 amide bonds. The molecule has 7 heteroatoms. The summed E-state index contributed by atoms with van der Waals surface area (Å²) in [5, 5.41) is 3.48. The second-order valence-corrected chi connectivity index (χ2v) is 7.24. The van der Waals surface area contributed by atoms with Gasteiger partial charge in [0, 0.05) is 35.8 Å². The number of carbonyl (C=O) groups excluding carboxylic acids is 2. The summed E-state index contributed by atoms with van der Waals surface area (Å²) in [5.41, 5.74) is 6.04. The Morgan fingerprint density at radius 3 is 2.54 bits per heavy atom. The van der Waals surface area contributed by atoms with E-state index in [1.807, 2.05) is 13.8 Å². The summed E-state index contributed by atoms with van der Waals surface area (Å²) in [6, 6.07) is 6.83. The van der Waals surface area contributed by atoms with E-state index in [2.05, 4.69) is 5.32 Å². The molecule has 0 saturated carbocycles. The van der Waals surface area contributed by atoms with Crippen molar-refractivity contribution in [2.45, 2.75) is 32.2 Å². The molecular formula is C17H25Cl2N3O2. The van der Waals surface area contributed by atoms with Crippen LogP contribution >= 0.6 is 24.0 Å². The molecule has 134 valence electrons. The number of likely N-dealkylation sites (tertiary alicyclic amines) is 1. The van der Waals surface area contributed by atoms with Gasteiger partial charge in [-0.05, 0) is 51.0 Å². The average molecular weight is 374 g/mol. The van der Waals surface area contributed by atoms with E-state index in [4.69, 9.17) is 17.3 Å². The largest absolute Gasteiger partial charge is 0.354 e. The normalized spacial score (nSPS) is 17.8. The van der Waals surface area contributed by atoms with Crippen LogP contribution in [0.2, 0.25) is 5.02 Å². The number of nitrogens with one attached hydrogen (secondary N) is 1. The van der Waals surface area contributed by atoms with Gasteiger partial charge in [0.05, 0.1) is 5.92 Å². The van der Waals surface area contributed by atoms with Crippen LogP contribution in [0.4, 0.5) is 0 Å². The minimum absolute atomic E-state index is 0. The van der Waals surface area contributed by atoms with Crippen molar-refractivity contribution in [3.63, 3.8) is 0 Å². The molecule has 0 radical (unpaired) electrons. The molecule has 0 aliphatic carbocycles. The number of hydrogen-bond donors (Lipinski definition) is 2. The van der Waals surface area contributed by atoms with Gasteiger partial charge >= 0.3 is 0 Å². The Hall–Kier alpha value is -1.30. The number of nitrogens with two attached hydrogens (primary N) is 1. The maximum atomic E-state index is 12.5. The minimum atomic E-state index is -0.441. The third-order valence-corrected chi connectivity index (χ3v) is 4.14. The van der Waals surface area contributed by atoms with Gasteiger partial charge in [-0.1, -0.05) is 11.6 Å². The van der Waals surface area contributed by atoms with Crippen LogP contribution in [0.25, 0.3) is 0 Å². The molecule has 1 aliphatic heterocycles. The number of hydrogen-bond acceptors (Lipinski definition) is 3. The number of carbonyl (C=O) groups is 2. The van der Waals surface area contributed by atoms with Crippen LogP contribution in [0.15, 0.2) is 24.3 Å². The van der Waals surface area contributed by atoms with Gasteiger partial charge in [-0.15, -0.1) is 12.4 Å². The maximum Gasteiger partial charge on any atom is 0.253 e. The highest BCUT2D eigenvalue weighted by atomic mass is 35.5. The van der Waals surface area contributed by atoms with Crippen LogP contribution in [-0.4, -0.2) is 41.9 Å². The molecule has 1 fully saturated rings. The lowest BCUT2D eigenvalue weighted by Crippen LogP contribution is -2.50. The first-order chi connectivity index (χ1) is 10.8. The Bertz CT molecular complexity index is 570. The third-order valence-electron chi connectivity index (χ3n) is 3.89. The van der Waals surface area contributed by atoms with Crippen molar-refractivity contribution < 1.29 is 9.59 Å². The number of piperidine rings is 1. The van der Waals surface area contributed by atoms with Gasteiger partial charge < -0.3 is 16.0 Å². The SMILES string of the molecule is CC(C)(N)CNC(=O)C1CCCN(C(=O)c2ccc(Cl)cc2)C1.Cl. The smallest absolute Gasteiger partial charge is 0.253 e. The third kappa shape index (κ3) is 5.96. The van der Waals surface area contributed by atoms with Crippen LogP contribution in [0.3, 0.4) is 0 Å². The molecule has 0 aromatic heterocycles. The Balaban J connectivity index is 0.00000288. The molecule has 24 heavy (non-hydrogen) atoms. The second-order valence-electron chi connectivity index (χ2n) is 6.80. The zero-order chi connectivity index (χ0) is 17.0. The molecule has 1 atom stereocenters. The van der Waals surface area contributed by atoms with E-state index in [-0.39, 0.29) is 30.1 Å². The quantitative estimate of drug-likeness (QED) is 0.850. The molecule has 0 spiro atoms. The Labute approximate surface area is 154 Å². The van der Waals surface area contributed by atoms with Crippen LogP contribution in [0, 0.1) is 5.92 Å². The fraction of sp³-hybridized carbons (Fsp3) is 0.529. The molecule has 1 heterocycles. The minimum Gasteiger partial charge on any atom is -0.354 e. The summed E-state index contributed by atoms with van der Waals surface area (Å²) in [7, 11) is 0. The molecule has 3 N–H and O–H groups in total. The van der Waals surface area contributed by atoms with Gasteiger partial charge in [0.15, 0.2) is 0 Å². The highest BCUT2D eigenvalue weighted by Gasteiger charge is 2.29. The molecule has 1 aliphatic rings. The second kappa shape index (κ2) is 8.70. The van der Waals surface area contributed by atoms with Gasteiger partial charge in [0.25, 0.3) is 5.91 Å². The fourth-order valence-electron chi connectivity index (χ4n) is 2.61. The standard InChI is InChI=1S/C17H24ClN3O2.ClH/c1-17(2,19)11-20-15(22)13-4-3-9-21(10-13)16(23)12-5-7-14(18)8-6-12;/h5-8,13H,3-4,9-11,19H2,1-2H3,(H,20,22);1H. The van der Waals surface area contributed by atoms with Crippen molar-refractivity contribution >= 4 is 35.8 Å². The maximum absolute atomic E-state index is 12.5. The monoisotopic (exact) mass is 373 g/mol. The van der Waals surface area contributed by atoms with Crippen LogP contribution in [0.1, 0.15) is 37.0 Å². The van der Waals surface area contributed by atoms with Gasteiger partial charge in [0.1, 0.15) is 0 Å². The van der Waals surface area contributed by atoms with Gasteiger partial charge in [-0.3, -0.25) is 9.59 Å². The van der Waals surface area contributed by atoms with Crippen molar-refractivity contribution in [2.75, 3.05) is 19.6 Å². The average Bonchev–Trinajstić information content (AvgIpc) is 2.52. The number of amides is 2. The first-order valence-corrected chi connectivity index (χ1v) is 8.25. The molecule has 2 rings (SSSR count).